The van der Waals surface area contributed by atoms with Gasteiger partial charge in [0.2, 0.25) is 15.9 Å². The summed E-state index contributed by atoms with van der Waals surface area (Å²) >= 11 is 0. The van der Waals surface area contributed by atoms with E-state index in [1.165, 1.54) is 6.26 Å². The fraction of sp³-hybridized carbons (Fsp3) is 0.450. The molecule has 158 valence electrons. The van der Waals surface area contributed by atoms with E-state index in [0.29, 0.717) is 25.5 Å². The molecule has 2 N–H and O–H groups in total. The molecule has 0 radical (unpaired) electrons. The van der Waals surface area contributed by atoms with Crippen molar-refractivity contribution in [2.75, 3.05) is 39.4 Å². The maximum atomic E-state index is 12.7. The number of aryl methyl sites for hydroxylation is 1. The van der Waals surface area contributed by atoms with E-state index in [0.717, 1.165) is 25.2 Å². The van der Waals surface area contributed by atoms with Crippen molar-refractivity contribution in [3.8, 4) is 0 Å². The van der Waals surface area contributed by atoms with Crippen molar-refractivity contribution < 1.29 is 22.4 Å². The number of ether oxygens (including phenoxy) is 1. The molecule has 0 unspecified atom stereocenters. The molecule has 0 aliphatic carbocycles. The molecule has 1 atom stereocenters. The van der Waals surface area contributed by atoms with Crippen molar-refractivity contribution >= 4 is 15.9 Å². The van der Waals surface area contributed by atoms with Crippen LogP contribution in [0, 0.1) is 6.92 Å². The molecule has 1 fully saturated rings. The molecule has 9 heteroatoms. The van der Waals surface area contributed by atoms with Gasteiger partial charge >= 0.3 is 0 Å². The fourth-order valence-electron chi connectivity index (χ4n) is 3.10. The van der Waals surface area contributed by atoms with Gasteiger partial charge in [0, 0.05) is 26.2 Å². The molecule has 3 rings (SSSR count). The summed E-state index contributed by atoms with van der Waals surface area (Å²) in [6.45, 7) is 6.22. The number of amides is 1. The Morgan fingerprint density at radius 3 is 2.55 bits per heavy atom. The number of benzene rings is 1. The Balaban J connectivity index is 1.60. The molecule has 2 heterocycles. The molecular formula is C20H27N3O5S. The van der Waals surface area contributed by atoms with Gasteiger partial charge in [0.15, 0.2) is 0 Å². The lowest BCUT2D eigenvalue weighted by Gasteiger charge is -2.26. The molecule has 0 bridgehead atoms. The lowest BCUT2D eigenvalue weighted by molar-refractivity contribution is -0.121. The second-order valence-corrected chi connectivity index (χ2v) is 8.72. The molecule has 1 aliphatic rings. The van der Waals surface area contributed by atoms with Crippen LogP contribution in [0.15, 0.2) is 52.0 Å². The predicted molar refractivity (Wildman–Crippen MR) is 108 cm³/mol. The number of rotatable bonds is 9. The molecule has 1 aromatic heterocycles. The zero-order valence-corrected chi connectivity index (χ0v) is 17.3. The van der Waals surface area contributed by atoms with Gasteiger partial charge in [-0.25, -0.2) is 8.42 Å². The van der Waals surface area contributed by atoms with Crippen LogP contribution in [0.1, 0.15) is 23.8 Å². The van der Waals surface area contributed by atoms with Gasteiger partial charge in [0.05, 0.1) is 36.8 Å². The van der Waals surface area contributed by atoms with E-state index >= 15 is 0 Å². The third-order valence-corrected chi connectivity index (χ3v) is 6.25. The quantitative estimate of drug-likeness (QED) is 0.636. The minimum Gasteiger partial charge on any atom is -0.468 e. The largest absolute Gasteiger partial charge is 0.468 e. The fourth-order valence-corrected chi connectivity index (χ4v) is 4.30. The summed E-state index contributed by atoms with van der Waals surface area (Å²) in [6.07, 6.45) is 1.40. The normalized spacial score (nSPS) is 16.4. The molecule has 0 saturated carbocycles. The summed E-state index contributed by atoms with van der Waals surface area (Å²) < 4.78 is 38.8. The zero-order valence-electron chi connectivity index (χ0n) is 16.5. The van der Waals surface area contributed by atoms with Crippen LogP contribution in [0.2, 0.25) is 0 Å². The van der Waals surface area contributed by atoms with E-state index in [-0.39, 0.29) is 17.2 Å². The van der Waals surface area contributed by atoms with Crippen LogP contribution >= 0.6 is 0 Å². The van der Waals surface area contributed by atoms with Crippen molar-refractivity contribution in [1.29, 1.82) is 0 Å². The first-order valence-corrected chi connectivity index (χ1v) is 11.1. The third kappa shape index (κ3) is 6.40. The Hall–Kier alpha value is -2.20. The number of nitrogens with one attached hydrogen (secondary N) is 2. The van der Waals surface area contributed by atoms with Gasteiger partial charge in [0.25, 0.3) is 0 Å². The standard InChI is InChI=1S/C20H27N3O5S/c1-16-4-6-17(7-5-16)29(25,26)22-18(19-3-2-12-28-19)15-20(24)21-8-9-23-10-13-27-14-11-23/h2-7,12,18,22H,8-11,13-15H2,1H3,(H,21,24)/t18-/m0/s1. The van der Waals surface area contributed by atoms with E-state index < -0.39 is 16.1 Å². The SMILES string of the molecule is Cc1ccc(S(=O)(=O)N[C@@H](CC(=O)NCCN2CCOCC2)c2ccco2)cc1. The highest BCUT2D eigenvalue weighted by Crippen LogP contribution is 2.21. The summed E-state index contributed by atoms with van der Waals surface area (Å²) in [5.41, 5.74) is 0.964. The zero-order chi connectivity index (χ0) is 20.7. The third-order valence-electron chi connectivity index (χ3n) is 4.76. The van der Waals surface area contributed by atoms with Crippen molar-refractivity contribution in [2.45, 2.75) is 24.3 Å². The lowest BCUT2D eigenvalue weighted by Crippen LogP contribution is -2.42. The van der Waals surface area contributed by atoms with Gasteiger partial charge < -0.3 is 14.5 Å². The first-order valence-electron chi connectivity index (χ1n) is 9.63. The number of morpholine rings is 1. The topological polar surface area (TPSA) is 101 Å². The van der Waals surface area contributed by atoms with Crippen molar-refractivity contribution in [3.63, 3.8) is 0 Å². The lowest BCUT2D eigenvalue weighted by atomic mass is 10.1. The summed E-state index contributed by atoms with van der Waals surface area (Å²) in [5, 5.41) is 2.86. The molecule has 1 aromatic carbocycles. The Morgan fingerprint density at radius 2 is 1.90 bits per heavy atom. The Bertz CT molecular complexity index is 875. The van der Waals surface area contributed by atoms with Crippen LogP contribution in [0.5, 0.6) is 0 Å². The monoisotopic (exact) mass is 421 g/mol. The molecule has 1 saturated heterocycles. The Morgan fingerprint density at radius 1 is 1.17 bits per heavy atom. The Labute approximate surface area is 171 Å². The van der Waals surface area contributed by atoms with Crippen molar-refractivity contribution in [1.82, 2.24) is 14.9 Å². The second-order valence-electron chi connectivity index (χ2n) is 7.01. The maximum absolute atomic E-state index is 12.7. The molecule has 29 heavy (non-hydrogen) atoms. The first-order chi connectivity index (χ1) is 13.9. The van der Waals surface area contributed by atoms with Gasteiger partial charge in [-0.1, -0.05) is 17.7 Å². The second kappa shape index (κ2) is 10.0. The molecule has 1 amide bonds. The molecule has 0 spiro atoms. The number of hydrogen-bond acceptors (Lipinski definition) is 6. The van der Waals surface area contributed by atoms with Gasteiger partial charge in [0.1, 0.15) is 5.76 Å². The number of sulfonamides is 1. The maximum Gasteiger partial charge on any atom is 0.241 e. The number of nitrogens with zero attached hydrogens (tertiary/aromatic N) is 1. The van der Waals surface area contributed by atoms with Crippen LogP contribution in [-0.4, -0.2) is 58.6 Å². The van der Waals surface area contributed by atoms with E-state index in [9.17, 15) is 13.2 Å². The molecule has 1 aliphatic heterocycles. The van der Waals surface area contributed by atoms with Gasteiger partial charge in [-0.2, -0.15) is 4.72 Å². The minimum atomic E-state index is -3.80. The van der Waals surface area contributed by atoms with E-state index in [4.69, 9.17) is 9.15 Å². The number of hydrogen-bond donors (Lipinski definition) is 2. The minimum absolute atomic E-state index is 0.0539. The van der Waals surface area contributed by atoms with Crippen LogP contribution in [0.3, 0.4) is 0 Å². The van der Waals surface area contributed by atoms with Gasteiger partial charge in [-0.05, 0) is 31.2 Å². The van der Waals surface area contributed by atoms with Crippen LogP contribution in [0.25, 0.3) is 0 Å². The van der Waals surface area contributed by atoms with Crippen molar-refractivity contribution in [2.24, 2.45) is 0 Å². The highest BCUT2D eigenvalue weighted by molar-refractivity contribution is 7.89. The van der Waals surface area contributed by atoms with Gasteiger partial charge in [-0.15, -0.1) is 0 Å². The average Bonchev–Trinajstić information content (AvgIpc) is 3.23. The number of carbonyl (C=O) groups is 1. The highest BCUT2D eigenvalue weighted by Gasteiger charge is 2.25. The van der Waals surface area contributed by atoms with Crippen LogP contribution in [0.4, 0.5) is 0 Å². The van der Waals surface area contributed by atoms with E-state index in [1.807, 2.05) is 6.92 Å². The Kier molecular flexibility index (Phi) is 7.43. The summed E-state index contributed by atoms with van der Waals surface area (Å²) in [5.74, 6) is 0.148. The van der Waals surface area contributed by atoms with Gasteiger partial charge in [-0.3, -0.25) is 9.69 Å². The summed E-state index contributed by atoms with van der Waals surface area (Å²) in [6, 6.07) is 9.07. The highest BCUT2D eigenvalue weighted by atomic mass is 32.2. The average molecular weight is 422 g/mol. The molecule has 2 aromatic rings. The summed E-state index contributed by atoms with van der Waals surface area (Å²) in [7, 11) is -3.80. The van der Waals surface area contributed by atoms with E-state index in [1.54, 1.807) is 36.4 Å². The number of furan rings is 1. The predicted octanol–water partition coefficient (Wildman–Crippen LogP) is 1.45. The first kappa shape index (κ1) is 21.5. The molecule has 8 nitrogen and oxygen atoms in total. The summed E-state index contributed by atoms with van der Waals surface area (Å²) in [4.78, 5) is 14.8. The van der Waals surface area contributed by atoms with Crippen molar-refractivity contribution in [3.05, 3.63) is 54.0 Å². The van der Waals surface area contributed by atoms with Crippen LogP contribution < -0.4 is 10.0 Å². The van der Waals surface area contributed by atoms with E-state index in [2.05, 4.69) is 14.9 Å². The van der Waals surface area contributed by atoms with Crippen LogP contribution in [-0.2, 0) is 19.6 Å². The smallest absolute Gasteiger partial charge is 0.241 e. The number of carbonyl (C=O) groups excluding carboxylic acids is 1. The molecular weight excluding hydrogens is 394 g/mol.